The van der Waals surface area contributed by atoms with E-state index in [4.69, 9.17) is 14.0 Å². The summed E-state index contributed by atoms with van der Waals surface area (Å²) in [5.41, 5.74) is -0.464. The zero-order valence-corrected chi connectivity index (χ0v) is 15.4. The standard InChI is InChI=1S/C17H23N5O4/c1-17(2,3)25-15(23)11-5-7-22(8-6-11)16-20-14(21-26-16)13-18-9-12(24-4)10-19-13/h9-11H,5-8H2,1-4H3. The van der Waals surface area contributed by atoms with Crippen LogP contribution in [-0.2, 0) is 9.53 Å². The maximum absolute atomic E-state index is 12.2. The fraction of sp³-hybridized carbons (Fsp3) is 0.588. The molecule has 0 aliphatic carbocycles. The molecule has 0 bridgehead atoms. The first-order valence-electron chi connectivity index (χ1n) is 8.53. The average Bonchev–Trinajstić information content (AvgIpc) is 3.10. The number of hydrogen-bond donors (Lipinski definition) is 0. The molecule has 140 valence electrons. The highest BCUT2D eigenvalue weighted by atomic mass is 16.6. The Labute approximate surface area is 151 Å². The van der Waals surface area contributed by atoms with Gasteiger partial charge in [0.15, 0.2) is 5.75 Å². The normalized spacial score (nSPS) is 15.8. The summed E-state index contributed by atoms with van der Waals surface area (Å²) in [7, 11) is 1.55. The van der Waals surface area contributed by atoms with Gasteiger partial charge in [-0.15, -0.1) is 0 Å². The Morgan fingerprint density at radius 2 is 1.85 bits per heavy atom. The van der Waals surface area contributed by atoms with Gasteiger partial charge in [0.05, 0.1) is 25.4 Å². The number of ether oxygens (including phenoxy) is 2. The van der Waals surface area contributed by atoms with E-state index in [0.717, 1.165) is 0 Å². The van der Waals surface area contributed by atoms with Gasteiger partial charge in [0.25, 0.3) is 0 Å². The van der Waals surface area contributed by atoms with Crippen LogP contribution in [0.15, 0.2) is 16.9 Å². The van der Waals surface area contributed by atoms with E-state index in [-0.39, 0.29) is 11.9 Å². The zero-order valence-electron chi connectivity index (χ0n) is 15.4. The van der Waals surface area contributed by atoms with Crippen LogP contribution in [0.4, 0.5) is 6.01 Å². The van der Waals surface area contributed by atoms with Crippen molar-refractivity contribution >= 4 is 12.0 Å². The van der Waals surface area contributed by atoms with Gasteiger partial charge in [-0.1, -0.05) is 5.16 Å². The molecule has 2 aromatic heterocycles. The highest BCUT2D eigenvalue weighted by Crippen LogP contribution is 2.25. The summed E-state index contributed by atoms with van der Waals surface area (Å²) in [5, 5.41) is 3.93. The van der Waals surface area contributed by atoms with Crippen molar-refractivity contribution in [2.45, 2.75) is 39.2 Å². The van der Waals surface area contributed by atoms with Crippen molar-refractivity contribution in [3.05, 3.63) is 12.4 Å². The minimum Gasteiger partial charge on any atom is -0.494 e. The van der Waals surface area contributed by atoms with Crippen LogP contribution in [0.25, 0.3) is 11.6 Å². The second-order valence-electron chi connectivity index (χ2n) is 7.14. The maximum Gasteiger partial charge on any atom is 0.324 e. The third kappa shape index (κ3) is 4.27. The summed E-state index contributed by atoms with van der Waals surface area (Å²) >= 11 is 0. The first kappa shape index (κ1) is 18.1. The van der Waals surface area contributed by atoms with Crippen molar-refractivity contribution in [2.24, 2.45) is 5.92 Å². The smallest absolute Gasteiger partial charge is 0.324 e. The van der Waals surface area contributed by atoms with Gasteiger partial charge in [-0.3, -0.25) is 4.79 Å². The Balaban J connectivity index is 1.60. The quantitative estimate of drug-likeness (QED) is 0.757. The highest BCUT2D eigenvalue weighted by molar-refractivity contribution is 5.73. The molecule has 0 aromatic carbocycles. The molecule has 3 rings (SSSR count). The Morgan fingerprint density at radius 1 is 1.19 bits per heavy atom. The van der Waals surface area contributed by atoms with Crippen molar-refractivity contribution in [1.82, 2.24) is 20.1 Å². The van der Waals surface area contributed by atoms with Crippen molar-refractivity contribution in [2.75, 3.05) is 25.1 Å². The van der Waals surface area contributed by atoms with Gasteiger partial charge in [-0.2, -0.15) is 4.98 Å². The van der Waals surface area contributed by atoms with E-state index >= 15 is 0 Å². The van der Waals surface area contributed by atoms with E-state index in [0.29, 0.717) is 49.3 Å². The molecular formula is C17H23N5O4. The van der Waals surface area contributed by atoms with Crippen LogP contribution in [0.2, 0.25) is 0 Å². The fourth-order valence-electron chi connectivity index (χ4n) is 2.66. The van der Waals surface area contributed by atoms with Crippen LogP contribution < -0.4 is 9.64 Å². The number of methoxy groups -OCH3 is 1. The second-order valence-corrected chi connectivity index (χ2v) is 7.14. The fourth-order valence-corrected chi connectivity index (χ4v) is 2.66. The van der Waals surface area contributed by atoms with E-state index in [1.165, 1.54) is 0 Å². The first-order chi connectivity index (χ1) is 12.4. The summed E-state index contributed by atoms with van der Waals surface area (Å²) in [6, 6.07) is 0.405. The monoisotopic (exact) mass is 361 g/mol. The molecule has 0 saturated carbocycles. The number of rotatable bonds is 4. The lowest BCUT2D eigenvalue weighted by molar-refractivity contribution is -0.160. The van der Waals surface area contributed by atoms with E-state index in [1.54, 1.807) is 19.5 Å². The van der Waals surface area contributed by atoms with Crippen LogP contribution in [0.1, 0.15) is 33.6 Å². The molecule has 0 unspecified atom stereocenters. The molecule has 0 spiro atoms. The predicted molar refractivity (Wildman–Crippen MR) is 92.7 cm³/mol. The average molecular weight is 361 g/mol. The summed E-state index contributed by atoms with van der Waals surface area (Å²) in [6.45, 7) is 6.92. The largest absolute Gasteiger partial charge is 0.494 e. The Bertz CT molecular complexity index is 745. The maximum atomic E-state index is 12.2. The van der Waals surface area contributed by atoms with Crippen molar-refractivity contribution in [3.63, 3.8) is 0 Å². The molecule has 1 saturated heterocycles. The molecule has 2 aromatic rings. The van der Waals surface area contributed by atoms with E-state index < -0.39 is 5.60 Å². The van der Waals surface area contributed by atoms with Gasteiger partial charge in [-0.05, 0) is 33.6 Å². The molecule has 9 heteroatoms. The zero-order chi connectivity index (χ0) is 18.7. The molecule has 1 aliphatic rings. The van der Waals surface area contributed by atoms with Crippen molar-refractivity contribution < 1.29 is 18.8 Å². The number of carbonyl (C=O) groups is 1. The van der Waals surface area contributed by atoms with Crippen molar-refractivity contribution in [1.29, 1.82) is 0 Å². The van der Waals surface area contributed by atoms with Gasteiger partial charge >= 0.3 is 12.0 Å². The number of nitrogens with zero attached hydrogens (tertiary/aromatic N) is 5. The number of carbonyl (C=O) groups excluding carboxylic acids is 1. The van der Waals surface area contributed by atoms with Crippen LogP contribution >= 0.6 is 0 Å². The molecule has 1 fully saturated rings. The topological polar surface area (TPSA) is 103 Å². The molecule has 1 aliphatic heterocycles. The van der Waals surface area contributed by atoms with Gasteiger partial charge in [0, 0.05) is 13.1 Å². The van der Waals surface area contributed by atoms with Crippen LogP contribution in [0.5, 0.6) is 5.75 Å². The number of aromatic nitrogens is 4. The first-order valence-corrected chi connectivity index (χ1v) is 8.53. The molecule has 0 atom stereocenters. The Hall–Kier alpha value is -2.71. The SMILES string of the molecule is COc1cnc(-c2noc(N3CCC(C(=O)OC(C)(C)C)CC3)n2)nc1. The number of hydrogen-bond acceptors (Lipinski definition) is 9. The summed E-state index contributed by atoms with van der Waals surface area (Å²) in [5.74, 6) is 0.996. The van der Waals surface area contributed by atoms with Gasteiger partial charge in [0.2, 0.25) is 11.6 Å². The minimum absolute atomic E-state index is 0.0993. The third-order valence-electron chi connectivity index (χ3n) is 3.98. The van der Waals surface area contributed by atoms with E-state index in [2.05, 4.69) is 20.1 Å². The third-order valence-corrected chi connectivity index (χ3v) is 3.98. The van der Waals surface area contributed by atoms with Gasteiger partial charge < -0.3 is 18.9 Å². The van der Waals surface area contributed by atoms with E-state index in [1.807, 2.05) is 25.7 Å². The number of anilines is 1. The molecule has 0 radical (unpaired) electrons. The summed E-state index contributed by atoms with van der Waals surface area (Å²) in [6.07, 6.45) is 4.46. The minimum atomic E-state index is -0.464. The Morgan fingerprint density at radius 3 is 2.42 bits per heavy atom. The lowest BCUT2D eigenvalue weighted by atomic mass is 9.97. The molecule has 0 N–H and O–H groups in total. The van der Waals surface area contributed by atoms with E-state index in [9.17, 15) is 4.79 Å². The summed E-state index contributed by atoms with van der Waals surface area (Å²) in [4.78, 5) is 26.8. The lowest BCUT2D eigenvalue weighted by Crippen LogP contribution is -2.39. The molecule has 0 amide bonds. The molecule has 3 heterocycles. The molecule has 9 nitrogen and oxygen atoms in total. The Kier molecular flexibility index (Phi) is 5.06. The number of esters is 1. The number of piperidine rings is 1. The van der Waals surface area contributed by atoms with Crippen LogP contribution in [0, 0.1) is 5.92 Å². The van der Waals surface area contributed by atoms with Crippen LogP contribution in [-0.4, -0.2) is 51.9 Å². The molecule has 26 heavy (non-hydrogen) atoms. The second kappa shape index (κ2) is 7.27. The highest BCUT2D eigenvalue weighted by Gasteiger charge is 2.30. The van der Waals surface area contributed by atoms with Crippen molar-refractivity contribution in [3.8, 4) is 17.4 Å². The molecular weight excluding hydrogens is 338 g/mol. The summed E-state index contributed by atoms with van der Waals surface area (Å²) < 4.78 is 15.8. The lowest BCUT2D eigenvalue weighted by Gasteiger charge is -2.31. The predicted octanol–water partition coefficient (Wildman–Crippen LogP) is 2.09. The van der Waals surface area contributed by atoms with Gasteiger partial charge in [0.1, 0.15) is 5.60 Å². The van der Waals surface area contributed by atoms with Crippen LogP contribution in [0.3, 0.4) is 0 Å². The van der Waals surface area contributed by atoms with Gasteiger partial charge in [-0.25, -0.2) is 9.97 Å².